The fourth-order valence-electron chi connectivity index (χ4n) is 1.18. The second kappa shape index (κ2) is 5.79. The SMILES string of the molecule is O=S(=O)(O)C(CCC(S(=O)(=O)O)S(=O)(=O)O)S(=O)(=O)O. The Bertz CT molecular complexity index is 619. The van der Waals surface area contributed by atoms with Gasteiger partial charge in [-0.15, -0.1) is 0 Å². The minimum atomic E-state index is -5.40. The molecule has 0 amide bonds. The van der Waals surface area contributed by atoms with Crippen molar-refractivity contribution in [3.8, 4) is 0 Å². The molecule has 0 unspecified atom stereocenters. The van der Waals surface area contributed by atoms with Crippen molar-refractivity contribution in [3.63, 3.8) is 0 Å². The van der Waals surface area contributed by atoms with Gasteiger partial charge in [0, 0.05) is 0 Å². The first kappa shape index (κ1) is 19.6. The van der Waals surface area contributed by atoms with Crippen molar-refractivity contribution in [2.24, 2.45) is 0 Å². The third kappa shape index (κ3) is 5.95. The lowest BCUT2D eigenvalue weighted by molar-refractivity contribution is 0.433. The average molecular weight is 378 g/mol. The second-order valence-corrected chi connectivity index (χ2v) is 10.5. The molecule has 4 N–H and O–H groups in total. The highest BCUT2D eigenvalue weighted by Crippen LogP contribution is 2.20. The van der Waals surface area contributed by atoms with Crippen molar-refractivity contribution in [2.45, 2.75) is 22.0 Å². The fraction of sp³-hybridized carbons (Fsp3) is 1.00. The van der Waals surface area contributed by atoms with E-state index < -0.39 is 62.5 Å². The summed E-state index contributed by atoms with van der Waals surface area (Å²) in [5.74, 6) is 0. The zero-order chi connectivity index (χ0) is 16.6. The molecule has 0 aromatic rings. The van der Waals surface area contributed by atoms with Gasteiger partial charge in [0.1, 0.15) is 0 Å². The lowest BCUT2D eigenvalue weighted by Gasteiger charge is -2.14. The molecule has 0 aliphatic heterocycles. The highest BCUT2D eigenvalue weighted by atomic mass is 32.3. The molecular formula is C4H10O12S4. The molecular weight excluding hydrogens is 368 g/mol. The van der Waals surface area contributed by atoms with Crippen LogP contribution in [0, 0.1) is 0 Å². The molecule has 16 heteroatoms. The van der Waals surface area contributed by atoms with Gasteiger partial charge >= 0.3 is 0 Å². The van der Waals surface area contributed by atoms with Gasteiger partial charge in [-0.25, -0.2) is 0 Å². The molecule has 0 saturated carbocycles. The van der Waals surface area contributed by atoms with E-state index in [0.717, 1.165) is 0 Å². The predicted octanol–water partition coefficient (Wildman–Crippen LogP) is -2.03. The van der Waals surface area contributed by atoms with Crippen molar-refractivity contribution < 1.29 is 51.9 Å². The Labute approximate surface area is 114 Å². The molecule has 0 spiro atoms. The molecule has 0 aromatic heterocycles. The van der Waals surface area contributed by atoms with Gasteiger partial charge < -0.3 is 0 Å². The van der Waals surface area contributed by atoms with Crippen LogP contribution in [0.4, 0.5) is 0 Å². The van der Waals surface area contributed by atoms with Crippen LogP contribution in [0.3, 0.4) is 0 Å². The molecule has 122 valence electrons. The Kier molecular flexibility index (Phi) is 5.69. The van der Waals surface area contributed by atoms with Crippen LogP contribution in [-0.2, 0) is 40.5 Å². The zero-order valence-electron chi connectivity index (χ0n) is 9.26. The smallest absolute Gasteiger partial charge is 0.284 e. The van der Waals surface area contributed by atoms with Gasteiger partial charge in [0.05, 0.1) is 0 Å². The molecule has 0 aromatic carbocycles. The van der Waals surface area contributed by atoms with E-state index in [0.29, 0.717) is 0 Å². The molecule has 0 atom stereocenters. The molecule has 0 heterocycles. The average Bonchev–Trinajstić information content (AvgIpc) is 2.02. The van der Waals surface area contributed by atoms with Crippen LogP contribution in [0.1, 0.15) is 12.8 Å². The summed E-state index contributed by atoms with van der Waals surface area (Å²) in [6.45, 7) is 0. The van der Waals surface area contributed by atoms with E-state index in [9.17, 15) is 33.7 Å². The molecule has 0 rings (SSSR count). The Balaban J connectivity index is 5.54. The summed E-state index contributed by atoms with van der Waals surface area (Å²) in [6, 6.07) is 0. The normalized spacial score (nSPS) is 14.9. The number of rotatable bonds is 7. The first-order valence-electron chi connectivity index (χ1n) is 4.32. The molecule has 0 bridgehead atoms. The maximum absolute atomic E-state index is 10.7. The maximum Gasteiger partial charge on any atom is 0.284 e. The molecule has 0 aliphatic carbocycles. The van der Waals surface area contributed by atoms with Crippen molar-refractivity contribution in [3.05, 3.63) is 0 Å². The van der Waals surface area contributed by atoms with Crippen LogP contribution >= 0.6 is 0 Å². The van der Waals surface area contributed by atoms with Crippen molar-refractivity contribution in [2.75, 3.05) is 0 Å². The fourth-order valence-corrected chi connectivity index (χ4v) is 5.37. The predicted molar refractivity (Wildman–Crippen MR) is 63.0 cm³/mol. The third-order valence-corrected chi connectivity index (χ3v) is 8.49. The molecule has 20 heavy (non-hydrogen) atoms. The molecule has 0 radical (unpaired) electrons. The minimum absolute atomic E-state index is 1.41. The van der Waals surface area contributed by atoms with Crippen LogP contribution in [0.15, 0.2) is 0 Å². The van der Waals surface area contributed by atoms with Crippen molar-refractivity contribution in [1.82, 2.24) is 0 Å². The highest BCUT2D eigenvalue weighted by molar-refractivity contribution is 8.04. The van der Waals surface area contributed by atoms with Gasteiger partial charge in [0.25, 0.3) is 40.5 Å². The topological polar surface area (TPSA) is 217 Å². The van der Waals surface area contributed by atoms with Gasteiger partial charge in [-0.2, -0.15) is 33.7 Å². The first-order chi connectivity index (χ1) is 8.47. The summed E-state index contributed by atoms with van der Waals surface area (Å²) in [7, 11) is -21.6. The third-order valence-electron chi connectivity index (χ3n) is 1.97. The Morgan fingerprint density at radius 2 is 0.650 bits per heavy atom. The van der Waals surface area contributed by atoms with Gasteiger partial charge in [-0.1, -0.05) is 0 Å². The van der Waals surface area contributed by atoms with E-state index in [2.05, 4.69) is 0 Å². The van der Waals surface area contributed by atoms with E-state index in [1.54, 1.807) is 0 Å². The monoisotopic (exact) mass is 378 g/mol. The van der Waals surface area contributed by atoms with Crippen LogP contribution in [-0.4, -0.2) is 61.0 Å². The summed E-state index contributed by atoms with van der Waals surface area (Å²) < 4.78 is 114. The maximum atomic E-state index is 10.7. The molecule has 0 saturated heterocycles. The van der Waals surface area contributed by atoms with Crippen molar-refractivity contribution >= 4 is 40.5 Å². The summed E-state index contributed by atoms with van der Waals surface area (Å²) >= 11 is 0. The van der Waals surface area contributed by atoms with E-state index in [-0.39, 0.29) is 0 Å². The summed E-state index contributed by atoms with van der Waals surface area (Å²) in [5, 5.41) is 0. The summed E-state index contributed by atoms with van der Waals surface area (Å²) in [4.78, 5) is 0. The Hall–Kier alpha value is -0.360. The van der Waals surface area contributed by atoms with Crippen LogP contribution < -0.4 is 0 Å². The van der Waals surface area contributed by atoms with E-state index in [4.69, 9.17) is 18.2 Å². The van der Waals surface area contributed by atoms with Gasteiger partial charge in [-0.05, 0) is 12.8 Å². The second-order valence-electron chi connectivity index (χ2n) is 3.50. The van der Waals surface area contributed by atoms with Crippen LogP contribution in [0.25, 0.3) is 0 Å². The molecule has 0 fully saturated rings. The van der Waals surface area contributed by atoms with Crippen molar-refractivity contribution in [1.29, 1.82) is 0 Å². The van der Waals surface area contributed by atoms with E-state index in [1.165, 1.54) is 0 Å². The molecule has 0 aliphatic rings. The zero-order valence-corrected chi connectivity index (χ0v) is 12.5. The van der Waals surface area contributed by atoms with E-state index in [1.807, 2.05) is 0 Å². The Morgan fingerprint density at radius 3 is 0.750 bits per heavy atom. The standard InChI is InChI=1S/C4H10O12S4/c5-17(6,7)3(18(8,9)10)1-2-4(19(11,12)13)20(14,15)16/h3-4H,1-2H2,(H,5,6,7)(H,8,9,10)(H,11,12,13)(H,14,15,16). The quantitative estimate of drug-likeness (QED) is 0.352. The van der Waals surface area contributed by atoms with Gasteiger partial charge in [-0.3, -0.25) is 18.2 Å². The van der Waals surface area contributed by atoms with E-state index >= 15 is 0 Å². The van der Waals surface area contributed by atoms with Gasteiger partial charge in [0.15, 0.2) is 0 Å². The number of hydrogen-bond donors (Lipinski definition) is 4. The van der Waals surface area contributed by atoms with Crippen LogP contribution in [0.2, 0.25) is 0 Å². The highest BCUT2D eigenvalue weighted by Gasteiger charge is 2.41. The largest absolute Gasteiger partial charge is 0.284 e. The summed E-state index contributed by atoms with van der Waals surface area (Å²) in [5.41, 5.74) is 0. The first-order valence-corrected chi connectivity index (χ1v) is 10.3. The lowest BCUT2D eigenvalue weighted by Crippen LogP contribution is -2.34. The summed E-state index contributed by atoms with van der Waals surface area (Å²) in [6.07, 6.45) is -2.83. The molecule has 12 nitrogen and oxygen atoms in total. The lowest BCUT2D eigenvalue weighted by atomic mass is 10.4. The number of hydrogen-bond acceptors (Lipinski definition) is 8. The van der Waals surface area contributed by atoms with Crippen LogP contribution in [0.5, 0.6) is 0 Å². The van der Waals surface area contributed by atoms with Gasteiger partial charge in [0.2, 0.25) is 9.16 Å². The minimum Gasteiger partial charge on any atom is -0.284 e. The Morgan fingerprint density at radius 1 is 0.500 bits per heavy atom.